The van der Waals surface area contributed by atoms with Gasteiger partial charge in [-0.3, -0.25) is 4.79 Å². The van der Waals surface area contributed by atoms with Crippen LogP contribution in [0.5, 0.6) is 0 Å². The van der Waals surface area contributed by atoms with Crippen LogP contribution in [0.25, 0.3) is 0 Å². The Labute approximate surface area is 189 Å². The quantitative estimate of drug-likeness (QED) is 0.527. The highest BCUT2D eigenvalue weighted by Gasteiger charge is 2.16. The van der Waals surface area contributed by atoms with Crippen molar-refractivity contribution < 1.29 is 4.79 Å². The molecule has 0 fully saturated rings. The van der Waals surface area contributed by atoms with Gasteiger partial charge in [0, 0.05) is 24.0 Å². The summed E-state index contributed by atoms with van der Waals surface area (Å²) in [7, 11) is 0. The lowest BCUT2D eigenvalue weighted by molar-refractivity contribution is -0.119. The van der Waals surface area contributed by atoms with E-state index in [1.165, 1.54) is 61.3 Å². The van der Waals surface area contributed by atoms with Gasteiger partial charge in [0.1, 0.15) is 0 Å². The standard InChI is InChI=1S/C27H41N3O/c1-14(30-27-23(10)19(6)16(3)20(7)24(27)11)12-28-25(31)13-29-26-21(8)17(4)15(2)18(5)22(26)9/h14,29-30H,12-13H2,1-11H3,(H,28,31). The summed E-state index contributed by atoms with van der Waals surface area (Å²) in [5.74, 6) is 0.00745. The van der Waals surface area contributed by atoms with Crippen LogP contribution in [0.2, 0.25) is 0 Å². The molecule has 2 aromatic rings. The summed E-state index contributed by atoms with van der Waals surface area (Å²) in [4.78, 5) is 12.5. The average Bonchev–Trinajstić information content (AvgIpc) is 2.75. The lowest BCUT2D eigenvalue weighted by Crippen LogP contribution is -2.38. The molecule has 3 N–H and O–H groups in total. The number of nitrogens with one attached hydrogen (secondary N) is 3. The Bertz CT molecular complexity index is 947. The first-order valence-corrected chi connectivity index (χ1v) is 11.3. The Balaban J connectivity index is 1.99. The fraction of sp³-hybridized carbons (Fsp3) is 0.519. The number of carbonyl (C=O) groups is 1. The van der Waals surface area contributed by atoms with Crippen LogP contribution in [0.4, 0.5) is 11.4 Å². The predicted molar refractivity (Wildman–Crippen MR) is 135 cm³/mol. The minimum Gasteiger partial charge on any atom is -0.380 e. The molecule has 0 aliphatic carbocycles. The topological polar surface area (TPSA) is 53.2 Å². The number of carbonyl (C=O) groups excluding carboxylic acids is 1. The molecule has 0 spiro atoms. The number of rotatable bonds is 7. The molecule has 4 nitrogen and oxygen atoms in total. The van der Waals surface area contributed by atoms with Gasteiger partial charge in [-0.2, -0.15) is 0 Å². The largest absolute Gasteiger partial charge is 0.380 e. The van der Waals surface area contributed by atoms with Crippen molar-refractivity contribution in [1.29, 1.82) is 0 Å². The van der Waals surface area contributed by atoms with Crippen LogP contribution in [0, 0.1) is 69.2 Å². The molecular weight excluding hydrogens is 382 g/mol. The second-order valence-corrected chi connectivity index (χ2v) is 9.20. The molecular formula is C27H41N3O. The van der Waals surface area contributed by atoms with E-state index in [0.717, 1.165) is 5.69 Å². The van der Waals surface area contributed by atoms with Gasteiger partial charge < -0.3 is 16.0 Å². The summed E-state index contributed by atoms with van der Waals surface area (Å²) in [6.07, 6.45) is 0. The molecule has 0 radical (unpaired) electrons. The number of hydrogen-bond donors (Lipinski definition) is 3. The summed E-state index contributed by atoms with van der Waals surface area (Å²) in [6, 6.07) is 0.134. The van der Waals surface area contributed by atoms with E-state index in [2.05, 4.69) is 92.1 Å². The van der Waals surface area contributed by atoms with E-state index in [-0.39, 0.29) is 18.5 Å². The van der Waals surface area contributed by atoms with Gasteiger partial charge >= 0.3 is 0 Å². The van der Waals surface area contributed by atoms with Gasteiger partial charge in [-0.25, -0.2) is 0 Å². The van der Waals surface area contributed by atoms with E-state index in [0.29, 0.717) is 6.54 Å². The van der Waals surface area contributed by atoms with E-state index in [4.69, 9.17) is 0 Å². The molecule has 0 heterocycles. The van der Waals surface area contributed by atoms with Gasteiger partial charge in [-0.05, 0) is 132 Å². The normalized spacial score (nSPS) is 12.0. The van der Waals surface area contributed by atoms with Gasteiger partial charge in [-0.1, -0.05) is 0 Å². The zero-order chi connectivity index (χ0) is 23.6. The third-order valence-electron chi connectivity index (χ3n) is 7.42. The van der Waals surface area contributed by atoms with Gasteiger partial charge in [0.05, 0.1) is 6.54 Å². The second-order valence-electron chi connectivity index (χ2n) is 9.20. The van der Waals surface area contributed by atoms with Crippen LogP contribution in [0.3, 0.4) is 0 Å². The minimum absolute atomic E-state index is 0.00745. The van der Waals surface area contributed by atoms with Crippen molar-refractivity contribution in [2.24, 2.45) is 0 Å². The van der Waals surface area contributed by atoms with Crippen LogP contribution in [-0.2, 0) is 4.79 Å². The SMILES string of the molecule is Cc1c(C)c(C)c(NCC(=O)NCC(C)Nc2c(C)c(C)c(C)c(C)c2C)c(C)c1C. The first-order valence-electron chi connectivity index (χ1n) is 11.3. The number of hydrogen-bond acceptors (Lipinski definition) is 3. The lowest BCUT2D eigenvalue weighted by Gasteiger charge is -2.24. The van der Waals surface area contributed by atoms with Crippen molar-refractivity contribution in [1.82, 2.24) is 5.32 Å². The fourth-order valence-corrected chi connectivity index (χ4v) is 4.28. The Morgan fingerprint density at radius 1 is 0.613 bits per heavy atom. The van der Waals surface area contributed by atoms with Crippen molar-refractivity contribution in [3.8, 4) is 0 Å². The summed E-state index contributed by atoms with van der Waals surface area (Å²) in [6.45, 7) is 24.5. The Hall–Kier alpha value is -2.49. The number of benzene rings is 2. The highest BCUT2D eigenvalue weighted by molar-refractivity contribution is 5.82. The van der Waals surface area contributed by atoms with Crippen LogP contribution < -0.4 is 16.0 Å². The third kappa shape index (κ3) is 5.06. The highest BCUT2D eigenvalue weighted by atomic mass is 16.1. The van der Waals surface area contributed by atoms with E-state index in [1.54, 1.807) is 0 Å². The van der Waals surface area contributed by atoms with Crippen molar-refractivity contribution in [3.63, 3.8) is 0 Å². The molecule has 1 unspecified atom stereocenters. The summed E-state index contributed by atoms with van der Waals surface area (Å²) < 4.78 is 0. The van der Waals surface area contributed by atoms with Crippen molar-refractivity contribution in [2.75, 3.05) is 23.7 Å². The molecule has 0 aliphatic heterocycles. The number of anilines is 2. The first kappa shape index (κ1) is 24.8. The third-order valence-corrected chi connectivity index (χ3v) is 7.42. The minimum atomic E-state index is 0.00745. The number of amides is 1. The second kappa shape index (κ2) is 9.76. The summed E-state index contributed by atoms with van der Waals surface area (Å²) in [5.41, 5.74) is 15.2. The molecule has 31 heavy (non-hydrogen) atoms. The molecule has 0 saturated heterocycles. The summed E-state index contributed by atoms with van der Waals surface area (Å²) in [5, 5.41) is 10.1. The van der Waals surface area contributed by atoms with Crippen LogP contribution in [0.15, 0.2) is 0 Å². The molecule has 0 aliphatic rings. The smallest absolute Gasteiger partial charge is 0.239 e. The molecule has 2 aromatic carbocycles. The average molecular weight is 424 g/mol. The van der Waals surface area contributed by atoms with Crippen molar-refractivity contribution in [3.05, 3.63) is 55.6 Å². The zero-order valence-electron chi connectivity index (χ0n) is 21.4. The van der Waals surface area contributed by atoms with E-state index in [1.807, 2.05) is 0 Å². The molecule has 0 aromatic heterocycles. The molecule has 0 bridgehead atoms. The maximum atomic E-state index is 12.5. The highest BCUT2D eigenvalue weighted by Crippen LogP contribution is 2.31. The first-order chi connectivity index (χ1) is 14.4. The van der Waals surface area contributed by atoms with Gasteiger partial charge in [-0.15, -0.1) is 0 Å². The van der Waals surface area contributed by atoms with Crippen molar-refractivity contribution in [2.45, 2.75) is 82.2 Å². The predicted octanol–water partition coefficient (Wildman–Crippen LogP) is 5.80. The summed E-state index contributed by atoms with van der Waals surface area (Å²) >= 11 is 0. The van der Waals surface area contributed by atoms with Crippen molar-refractivity contribution >= 4 is 17.3 Å². The van der Waals surface area contributed by atoms with E-state index >= 15 is 0 Å². The van der Waals surface area contributed by atoms with Crippen LogP contribution in [0.1, 0.15) is 62.6 Å². The molecule has 2 rings (SSSR count). The maximum absolute atomic E-state index is 12.5. The Morgan fingerprint density at radius 2 is 0.968 bits per heavy atom. The monoisotopic (exact) mass is 423 g/mol. The molecule has 1 amide bonds. The Morgan fingerprint density at radius 3 is 1.39 bits per heavy atom. The van der Waals surface area contributed by atoms with Gasteiger partial charge in [0.15, 0.2) is 0 Å². The fourth-order valence-electron chi connectivity index (χ4n) is 4.28. The molecule has 4 heteroatoms. The Kier molecular flexibility index (Phi) is 7.80. The molecule has 0 saturated carbocycles. The van der Waals surface area contributed by atoms with Crippen LogP contribution in [-0.4, -0.2) is 25.0 Å². The van der Waals surface area contributed by atoms with Crippen LogP contribution >= 0.6 is 0 Å². The maximum Gasteiger partial charge on any atom is 0.239 e. The molecule has 170 valence electrons. The van der Waals surface area contributed by atoms with Gasteiger partial charge in [0.25, 0.3) is 0 Å². The lowest BCUT2D eigenvalue weighted by atomic mass is 9.92. The zero-order valence-corrected chi connectivity index (χ0v) is 21.4. The van der Waals surface area contributed by atoms with E-state index < -0.39 is 0 Å². The van der Waals surface area contributed by atoms with Gasteiger partial charge in [0.2, 0.25) is 5.91 Å². The van der Waals surface area contributed by atoms with E-state index in [9.17, 15) is 4.79 Å². The molecule has 1 atom stereocenters.